The summed E-state index contributed by atoms with van der Waals surface area (Å²) in [5.74, 6) is 0.258. The molecule has 4 rings (SSSR count). The van der Waals surface area contributed by atoms with Gasteiger partial charge in [-0.25, -0.2) is 10.1 Å². The summed E-state index contributed by atoms with van der Waals surface area (Å²) in [6.45, 7) is 4.22. The van der Waals surface area contributed by atoms with Gasteiger partial charge in [0.05, 0.1) is 12.3 Å². The molecule has 0 bridgehead atoms. The second-order valence-electron chi connectivity index (χ2n) is 6.63. The summed E-state index contributed by atoms with van der Waals surface area (Å²) in [6, 6.07) is 16.6. The summed E-state index contributed by atoms with van der Waals surface area (Å²) >= 11 is 0. The van der Waals surface area contributed by atoms with E-state index in [4.69, 9.17) is 10.5 Å². The van der Waals surface area contributed by atoms with Gasteiger partial charge < -0.3 is 10.5 Å². The molecule has 0 radical (unpaired) electrons. The van der Waals surface area contributed by atoms with Gasteiger partial charge in [-0.3, -0.25) is 4.79 Å². The van der Waals surface area contributed by atoms with Gasteiger partial charge in [0.1, 0.15) is 11.4 Å². The fraction of sp³-hybridized carbons (Fsp3) is 0.143. The number of nitrogens with two attached hydrogens (primary N) is 1. The number of anilines is 1. The van der Waals surface area contributed by atoms with Gasteiger partial charge in [-0.05, 0) is 54.0 Å². The molecule has 162 valence electrons. The highest BCUT2D eigenvalue weighted by molar-refractivity contribution is 6.02. The highest BCUT2D eigenvalue weighted by Crippen LogP contribution is 2.28. The molecule has 0 aliphatic carbocycles. The Morgan fingerprint density at radius 2 is 1.91 bits per heavy atom. The van der Waals surface area contributed by atoms with E-state index >= 15 is 0 Å². The maximum absolute atomic E-state index is 13.0. The molecule has 1 amide bonds. The first-order chi connectivity index (χ1) is 15.6. The molecule has 2 aromatic carbocycles. The zero-order valence-electron chi connectivity index (χ0n) is 17.4. The molecule has 0 saturated heterocycles. The van der Waals surface area contributed by atoms with E-state index in [9.17, 15) is 4.79 Å². The first-order valence-corrected chi connectivity index (χ1v) is 9.76. The smallest absolute Gasteiger partial charge is 0.294 e. The number of hydrogen-bond acceptors (Lipinski definition) is 9. The van der Waals surface area contributed by atoms with Gasteiger partial charge >= 0.3 is 0 Å². The van der Waals surface area contributed by atoms with Crippen molar-refractivity contribution in [2.24, 2.45) is 5.10 Å². The van der Waals surface area contributed by atoms with Crippen LogP contribution in [0, 0.1) is 0 Å². The van der Waals surface area contributed by atoms with Gasteiger partial charge in [0.25, 0.3) is 5.91 Å². The Morgan fingerprint density at radius 3 is 2.56 bits per heavy atom. The third-order valence-electron chi connectivity index (χ3n) is 4.54. The van der Waals surface area contributed by atoms with Crippen molar-refractivity contribution in [1.82, 2.24) is 30.7 Å². The van der Waals surface area contributed by atoms with Crippen LogP contribution in [0.25, 0.3) is 17.1 Å². The van der Waals surface area contributed by atoms with Crippen LogP contribution in [0.2, 0.25) is 0 Å². The minimum absolute atomic E-state index is 0.00647. The first-order valence-electron chi connectivity index (χ1n) is 9.76. The zero-order valence-corrected chi connectivity index (χ0v) is 17.4. The summed E-state index contributed by atoms with van der Waals surface area (Å²) in [5.41, 5.74) is 10.9. The second kappa shape index (κ2) is 9.08. The molecule has 11 nitrogen and oxygen atoms in total. The Morgan fingerprint density at radius 1 is 1.16 bits per heavy atom. The fourth-order valence-corrected chi connectivity index (χ4v) is 2.99. The van der Waals surface area contributed by atoms with Gasteiger partial charge in [-0.1, -0.05) is 35.5 Å². The number of aromatic nitrogens is 5. The van der Waals surface area contributed by atoms with E-state index in [1.165, 1.54) is 4.68 Å². The molecule has 4 aromatic rings. The standard InChI is InChI=1S/C21H20N8O3/c1-3-31-16-11-9-15(10-12-16)18-17(24-28-29(18)20-19(22)26-32-27-20)21(30)25-23-13(2)14-7-5-4-6-8-14/h4-12H,3H2,1-2H3,(H2,22,26)(H,25,30)/b23-13+. The van der Waals surface area contributed by atoms with Crippen LogP contribution in [0.3, 0.4) is 0 Å². The number of nitrogens with zero attached hydrogens (tertiary/aromatic N) is 6. The Hall–Kier alpha value is -4.54. The molecular weight excluding hydrogens is 412 g/mol. The maximum atomic E-state index is 13.0. The van der Waals surface area contributed by atoms with Crippen molar-refractivity contribution >= 4 is 17.4 Å². The molecule has 32 heavy (non-hydrogen) atoms. The highest BCUT2D eigenvalue weighted by Gasteiger charge is 2.25. The monoisotopic (exact) mass is 432 g/mol. The first kappa shape index (κ1) is 20.7. The molecule has 0 fully saturated rings. The topological polar surface area (TPSA) is 146 Å². The molecule has 0 aliphatic rings. The largest absolute Gasteiger partial charge is 0.494 e. The van der Waals surface area contributed by atoms with Crippen LogP contribution in [0.1, 0.15) is 29.9 Å². The number of hydrazone groups is 1. The lowest BCUT2D eigenvalue weighted by Gasteiger charge is -2.08. The van der Waals surface area contributed by atoms with Crippen molar-refractivity contribution in [2.45, 2.75) is 13.8 Å². The van der Waals surface area contributed by atoms with Crippen molar-refractivity contribution in [3.05, 3.63) is 65.9 Å². The van der Waals surface area contributed by atoms with Gasteiger partial charge in [0.2, 0.25) is 11.6 Å². The minimum Gasteiger partial charge on any atom is -0.494 e. The number of hydrogen-bond donors (Lipinski definition) is 2. The highest BCUT2D eigenvalue weighted by atomic mass is 16.6. The Kier molecular flexibility index (Phi) is 5.88. The average molecular weight is 432 g/mol. The lowest BCUT2D eigenvalue weighted by molar-refractivity contribution is 0.0950. The zero-order chi connectivity index (χ0) is 22.5. The van der Waals surface area contributed by atoms with Crippen LogP contribution in [0.5, 0.6) is 5.75 Å². The van der Waals surface area contributed by atoms with Crippen LogP contribution < -0.4 is 15.9 Å². The molecule has 0 spiro atoms. The van der Waals surface area contributed by atoms with E-state index in [-0.39, 0.29) is 17.3 Å². The molecule has 0 aliphatic heterocycles. The van der Waals surface area contributed by atoms with E-state index in [2.05, 4.69) is 35.8 Å². The minimum atomic E-state index is -0.551. The molecule has 0 unspecified atom stereocenters. The van der Waals surface area contributed by atoms with Gasteiger partial charge in [0, 0.05) is 5.56 Å². The van der Waals surface area contributed by atoms with Crippen molar-refractivity contribution in [3.63, 3.8) is 0 Å². The SMILES string of the molecule is CCOc1ccc(-c2c(C(=O)N/N=C(\C)c3ccccc3)nnn2-c2nonc2N)cc1. The van der Waals surface area contributed by atoms with Crippen LogP contribution in [0.4, 0.5) is 5.82 Å². The van der Waals surface area contributed by atoms with Gasteiger partial charge in [-0.2, -0.15) is 9.78 Å². The van der Waals surface area contributed by atoms with Crippen LogP contribution >= 0.6 is 0 Å². The van der Waals surface area contributed by atoms with Crippen molar-refractivity contribution in [2.75, 3.05) is 12.3 Å². The summed E-state index contributed by atoms with van der Waals surface area (Å²) in [7, 11) is 0. The fourth-order valence-electron chi connectivity index (χ4n) is 2.99. The summed E-state index contributed by atoms with van der Waals surface area (Å²) in [5, 5.41) is 19.6. The molecular formula is C21H20N8O3. The Labute approximate surface area is 182 Å². The average Bonchev–Trinajstić information content (AvgIpc) is 3.44. The quantitative estimate of drug-likeness (QED) is 0.334. The number of benzene rings is 2. The number of ether oxygens (including phenoxy) is 1. The lowest BCUT2D eigenvalue weighted by atomic mass is 10.1. The summed E-state index contributed by atoms with van der Waals surface area (Å²) < 4.78 is 11.5. The Bertz CT molecular complexity index is 1250. The maximum Gasteiger partial charge on any atom is 0.294 e. The number of carbonyl (C=O) groups is 1. The van der Waals surface area contributed by atoms with E-state index < -0.39 is 5.91 Å². The normalized spacial score (nSPS) is 11.4. The van der Waals surface area contributed by atoms with Crippen LogP contribution in [0.15, 0.2) is 64.3 Å². The predicted molar refractivity (Wildman–Crippen MR) is 116 cm³/mol. The van der Waals surface area contributed by atoms with E-state index in [0.29, 0.717) is 29.3 Å². The van der Waals surface area contributed by atoms with E-state index in [1.807, 2.05) is 37.3 Å². The van der Waals surface area contributed by atoms with E-state index in [1.54, 1.807) is 31.2 Å². The third-order valence-corrected chi connectivity index (χ3v) is 4.54. The third kappa shape index (κ3) is 4.17. The van der Waals surface area contributed by atoms with Gasteiger partial charge in [-0.15, -0.1) is 5.10 Å². The van der Waals surface area contributed by atoms with Crippen LogP contribution in [-0.2, 0) is 0 Å². The predicted octanol–water partition coefficient (Wildman–Crippen LogP) is 2.45. The van der Waals surface area contributed by atoms with E-state index in [0.717, 1.165) is 5.56 Å². The number of carbonyl (C=O) groups excluding carboxylic acids is 1. The number of nitrogens with one attached hydrogen (secondary N) is 1. The Balaban J connectivity index is 1.71. The molecule has 2 heterocycles. The number of amides is 1. The van der Waals surface area contributed by atoms with Crippen molar-refractivity contribution in [1.29, 1.82) is 0 Å². The molecule has 0 saturated carbocycles. The number of rotatable bonds is 7. The molecule has 2 aromatic heterocycles. The van der Waals surface area contributed by atoms with Crippen LogP contribution in [-0.4, -0.2) is 43.5 Å². The molecule has 11 heteroatoms. The summed E-state index contributed by atoms with van der Waals surface area (Å²) in [6.07, 6.45) is 0. The number of nitrogen functional groups attached to an aromatic ring is 1. The van der Waals surface area contributed by atoms with Crippen molar-refractivity contribution in [3.8, 4) is 22.8 Å². The molecule has 3 N–H and O–H groups in total. The summed E-state index contributed by atoms with van der Waals surface area (Å²) in [4.78, 5) is 13.0. The lowest BCUT2D eigenvalue weighted by Crippen LogP contribution is -2.21. The molecule has 0 atom stereocenters. The second-order valence-corrected chi connectivity index (χ2v) is 6.63. The van der Waals surface area contributed by atoms with Gasteiger partial charge in [0.15, 0.2) is 5.69 Å². The van der Waals surface area contributed by atoms with Crippen molar-refractivity contribution < 1.29 is 14.2 Å².